The second kappa shape index (κ2) is 5.19. The monoisotopic (exact) mass is 292 g/mol. The minimum atomic E-state index is -1.14. The lowest BCUT2D eigenvalue weighted by Crippen LogP contribution is -2.43. The summed E-state index contributed by atoms with van der Waals surface area (Å²) in [4.78, 5) is 36.7. The Hall–Kier alpha value is -2.38. The van der Waals surface area contributed by atoms with Crippen molar-refractivity contribution in [3.63, 3.8) is 0 Å². The second-order valence-corrected chi connectivity index (χ2v) is 5.43. The van der Waals surface area contributed by atoms with E-state index in [1.54, 1.807) is 4.90 Å². The molecule has 1 aromatic heterocycles. The zero-order chi connectivity index (χ0) is 15.0. The number of carbonyl (C=O) groups is 3. The Morgan fingerprint density at radius 3 is 2.71 bits per heavy atom. The topological polar surface area (TPSA) is 115 Å². The van der Waals surface area contributed by atoms with E-state index in [1.807, 2.05) is 0 Å². The maximum absolute atomic E-state index is 12.2. The standard InChI is InChI=1S/C13H16N4O4/c18-11(14-10-6-8(13(20)21)15-16-10)9-2-1-5-17(9)12(19)7-3-4-7/h6-7,9H,1-5H2,(H,20,21)(H2,14,15,16,18). The minimum absolute atomic E-state index is 0.0564. The molecule has 2 heterocycles. The van der Waals surface area contributed by atoms with Gasteiger partial charge in [0.15, 0.2) is 5.82 Å². The third-order valence-corrected chi connectivity index (χ3v) is 3.82. The molecule has 1 atom stereocenters. The number of hydrogen-bond donors (Lipinski definition) is 3. The number of carboxylic acid groups (broad SMARTS) is 1. The molecule has 0 spiro atoms. The van der Waals surface area contributed by atoms with E-state index in [2.05, 4.69) is 15.5 Å². The van der Waals surface area contributed by atoms with Crippen LogP contribution in [0.15, 0.2) is 6.07 Å². The summed E-state index contributed by atoms with van der Waals surface area (Å²) < 4.78 is 0. The third-order valence-electron chi connectivity index (χ3n) is 3.82. The molecule has 8 heteroatoms. The molecule has 1 aliphatic heterocycles. The van der Waals surface area contributed by atoms with E-state index in [4.69, 9.17) is 5.11 Å². The number of carbonyl (C=O) groups excluding carboxylic acids is 2. The quantitative estimate of drug-likeness (QED) is 0.745. The van der Waals surface area contributed by atoms with E-state index in [-0.39, 0.29) is 29.2 Å². The number of carboxylic acids is 1. The molecule has 3 N–H and O–H groups in total. The number of aromatic nitrogens is 2. The lowest BCUT2D eigenvalue weighted by atomic mass is 10.2. The Morgan fingerprint density at radius 1 is 1.33 bits per heavy atom. The molecule has 112 valence electrons. The fourth-order valence-corrected chi connectivity index (χ4v) is 2.57. The highest BCUT2D eigenvalue weighted by atomic mass is 16.4. The van der Waals surface area contributed by atoms with E-state index in [0.29, 0.717) is 13.0 Å². The number of hydrogen-bond acceptors (Lipinski definition) is 4. The van der Waals surface area contributed by atoms with Gasteiger partial charge in [-0.2, -0.15) is 5.10 Å². The normalized spacial score (nSPS) is 21.3. The molecule has 1 unspecified atom stereocenters. The molecule has 8 nitrogen and oxygen atoms in total. The van der Waals surface area contributed by atoms with E-state index >= 15 is 0 Å². The van der Waals surface area contributed by atoms with Gasteiger partial charge in [-0.3, -0.25) is 14.7 Å². The first-order valence-electron chi connectivity index (χ1n) is 6.96. The van der Waals surface area contributed by atoms with Crippen LogP contribution in [0.3, 0.4) is 0 Å². The number of nitrogens with one attached hydrogen (secondary N) is 2. The van der Waals surface area contributed by atoms with Gasteiger partial charge in [0.05, 0.1) is 0 Å². The molecule has 21 heavy (non-hydrogen) atoms. The van der Waals surface area contributed by atoms with Crippen molar-refractivity contribution in [1.29, 1.82) is 0 Å². The second-order valence-electron chi connectivity index (χ2n) is 5.43. The van der Waals surface area contributed by atoms with Gasteiger partial charge >= 0.3 is 5.97 Å². The molecule has 2 amide bonds. The minimum Gasteiger partial charge on any atom is -0.477 e. The van der Waals surface area contributed by atoms with Gasteiger partial charge in [0.25, 0.3) is 0 Å². The van der Waals surface area contributed by atoms with Crippen LogP contribution in [0.2, 0.25) is 0 Å². The Bertz CT molecular complexity index is 593. The molecular weight excluding hydrogens is 276 g/mol. The fourth-order valence-electron chi connectivity index (χ4n) is 2.57. The van der Waals surface area contributed by atoms with E-state index < -0.39 is 12.0 Å². The fraction of sp³-hybridized carbons (Fsp3) is 0.538. The molecule has 1 aliphatic carbocycles. The summed E-state index contributed by atoms with van der Waals surface area (Å²) >= 11 is 0. The Kier molecular flexibility index (Phi) is 3.36. The van der Waals surface area contributed by atoms with Gasteiger partial charge in [-0.1, -0.05) is 0 Å². The molecular formula is C13H16N4O4. The average molecular weight is 292 g/mol. The lowest BCUT2D eigenvalue weighted by Gasteiger charge is -2.23. The number of amides is 2. The van der Waals surface area contributed by atoms with Crippen LogP contribution in [0.25, 0.3) is 0 Å². The zero-order valence-electron chi connectivity index (χ0n) is 11.3. The summed E-state index contributed by atoms with van der Waals surface area (Å²) in [5.74, 6) is -1.16. The van der Waals surface area contributed by atoms with E-state index in [1.165, 1.54) is 6.07 Å². The number of anilines is 1. The molecule has 2 aliphatic rings. The molecule has 1 saturated carbocycles. The predicted molar refractivity (Wildman–Crippen MR) is 71.6 cm³/mol. The van der Waals surface area contributed by atoms with E-state index in [9.17, 15) is 14.4 Å². The summed E-state index contributed by atoms with van der Waals surface area (Å²) in [7, 11) is 0. The first-order valence-corrected chi connectivity index (χ1v) is 6.96. The van der Waals surface area contributed by atoms with Gasteiger partial charge in [0.1, 0.15) is 11.7 Å². The molecule has 0 bridgehead atoms. The first-order chi connectivity index (χ1) is 10.1. The molecule has 1 saturated heterocycles. The Morgan fingerprint density at radius 2 is 2.10 bits per heavy atom. The van der Waals surface area contributed by atoms with Crippen LogP contribution < -0.4 is 5.32 Å². The highest BCUT2D eigenvalue weighted by molar-refractivity contribution is 5.98. The van der Waals surface area contributed by atoms with Crippen LogP contribution in [0.5, 0.6) is 0 Å². The number of aromatic carboxylic acids is 1. The molecule has 2 fully saturated rings. The van der Waals surface area contributed by atoms with Crippen LogP contribution in [0.4, 0.5) is 5.82 Å². The van der Waals surface area contributed by atoms with Crippen LogP contribution in [-0.4, -0.2) is 50.6 Å². The van der Waals surface area contributed by atoms with E-state index in [0.717, 1.165) is 19.3 Å². The summed E-state index contributed by atoms with van der Waals surface area (Å²) in [5, 5.41) is 17.4. The van der Waals surface area contributed by atoms with Gasteiger partial charge in [-0.25, -0.2) is 4.79 Å². The smallest absolute Gasteiger partial charge is 0.353 e. The molecule has 0 aromatic carbocycles. The van der Waals surface area contributed by atoms with Gasteiger partial charge in [0.2, 0.25) is 11.8 Å². The van der Waals surface area contributed by atoms with Gasteiger partial charge in [-0.05, 0) is 25.7 Å². The van der Waals surface area contributed by atoms with Crippen molar-refractivity contribution >= 4 is 23.6 Å². The van der Waals surface area contributed by atoms with Crippen molar-refractivity contribution in [1.82, 2.24) is 15.1 Å². The van der Waals surface area contributed by atoms with Crippen molar-refractivity contribution < 1.29 is 19.5 Å². The van der Waals surface area contributed by atoms with Crippen LogP contribution >= 0.6 is 0 Å². The maximum atomic E-state index is 12.2. The molecule has 3 rings (SSSR count). The molecule has 1 aromatic rings. The Balaban J connectivity index is 1.65. The van der Waals surface area contributed by atoms with Gasteiger partial charge in [-0.15, -0.1) is 0 Å². The summed E-state index contributed by atoms with van der Waals surface area (Å²) in [6.45, 7) is 0.606. The van der Waals surface area contributed by atoms with Crippen molar-refractivity contribution in [3.05, 3.63) is 11.8 Å². The van der Waals surface area contributed by atoms with Gasteiger partial charge < -0.3 is 15.3 Å². The lowest BCUT2D eigenvalue weighted by molar-refractivity contribution is -0.137. The van der Waals surface area contributed by atoms with Crippen LogP contribution in [-0.2, 0) is 9.59 Å². The van der Waals surface area contributed by atoms with Crippen LogP contribution in [0, 0.1) is 5.92 Å². The summed E-state index contributed by atoms with van der Waals surface area (Å²) in [6, 6.07) is 0.769. The summed E-state index contributed by atoms with van der Waals surface area (Å²) in [5.41, 5.74) is -0.0948. The number of nitrogens with zero attached hydrogens (tertiary/aromatic N) is 2. The third kappa shape index (κ3) is 2.74. The highest BCUT2D eigenvalue weighted by Gasteiger charge is 2.40. The average Bonchev–Trinajstić information content (AvgIpc) is 3.00. The van der Waals surface area contributed by atoms with Gasteiger partial charge in [0, 0.05) is 18.5 Å². The Labute approximate surface area is 120 Å². The van der Waals surface area contributed by atoms with Crippen molar-refractivity contribution in [2.24, 2.45) is 5.92 Å². The number of rotatable bonds is 4. The molecule has 0 radical (unpaired) electrons. The van der Waals surface area contributed by atoms with Crippen molar-refractivity contribution in [2.45, 2.75) is 31.7 Å². The zero-order valence-corrected chi connectivity index (χ0v) is 11.3. The largest absolute Gasteiger partial charge is 0.477 e. The number of H-pyrrole nitrogens is 1. The van der Waals surface area contributed by atoms with Crippen molar-refractivity contribution in [3.8, 4) is 0 Å². The summed E-state index contributed by atoms with van der Waals surface area (Å²) in [6.07, 6.45) is 3.24. The predicted octanol–water partition coefficient (Wildman–Crippen LogP) is 0.447. The number of likely N-dealkylation sites (tertiary alicyclic amines) is 1. The maximum Gasteiger partial charge on any atom is 0.353 e. The first kappa shape index (κ1) is 13.6. The van der Waals surface area contributed by atoms with Crippen LogP contribution in [0.1, 0.15) is 36.2 Å². The van der Waals surface area contributed by atoms with Crippen molar-refractivity contribution in [2.75, 3.05) is 11.9 Å². The SMILES string of the molecule is O=C(O)c1cc(NC(=O)C2CCCN2C(=O)C2CC2)n[nH]1. The highest BCUT2D eigenvalue weighted by Crippen LogP contribution is 2.33. The number of aromatic amines is 1.